The summed E-state index contributed by atoms with van der Waals surface area (Å²) in [7, 11) is 0. The molecule has 3 nitrogen and oxygen atoms in total. The first-order chi connectivity index (χ1) is 9.28. The van der Waals surface area contributed by atoms with Gasteiger partial charge in [-0.3, -0.25) is 4.79 Å². The number of amides is 1. The Balaban J connectivity index is 2.07. The van der Waals surface area contributed by atoms with Crippen LogP contribution in [0.5, 0.6) is 0 Å². The van der Waals surface area contributed by atoms with Crippen LogP contribution in [0.3, 0.4) is 0 Å². The number of nitrogens with one attached hydrogen (secondary N) is 1. The van der Waals surface area contributed by atoms with Gasteiger partial charge in [-0.15, -0.1) is 0 Å². The molecule has 20 heavy (non-hydrogen) atoms. The molecule has 0 heterocycles. The van der Waals surface area contributed by atoms with Crippen molar-refractivity contribution < 1.29 is 4.79 Å². The maximum absolute atomic E-state index is 12.4. The van der Waals surface area contributed by atoms with Crippen LogP contribution in [-0.4, -0.2) is 11.9 Å². The van der Waals surface area contributed by atoms with E-state index in [2.05, 4.69) is 26.1 Å². The van der Waals surface area contributed by atoms with Gasteiger partial charge in [0.2, 0.25) is 0 Å². The van der Waals surface area contributed by atoms with Crippen LogP contribution in [0.1, 0.15) is 56.0 Å². The van der Waals surface area contributed by atoms with Crippen LogP contribution in [0, 0.1) is 18.3 Å². The molecule has 2 unspecified atom stereocenters. The highest BCUT2D eigenvalue weighted by Gasteiger charge is 2.33. The Bertz CT molecular complexity index is 508. The van der Waals surface area contributed by atoms with Crippen molar-refractivity contribution in [2.45, 2.75) is 53.0 Å². The fourth-order valence-corrected chi connectivity index (χ4v) is 3.29. The summed E-state index contributed by atoms with van der Waals surface area (Å²) in [6.45, 7) is 8.80. The van der Waals surface area contributed by atoms with Crippen molar-refractivity contribution in [1.29, 1.82) is 0 Å². The second-order valence-electron chi connectivity index (χ2n) is 7.04. The first-order valence-electron chi connectivity index (χ1n) is 7.45. The molecule has 2 atom stereocenters. The Morgan fingerprint density at radius 1 is 1.40 bits per heavy atom. The third-order valence-electron chi connectivity index (χ3n) is 4.52. The van der Waals surface area contributed by atoms with E-state index in [9.17, 15) is 4.79 Å². The Morgan fingerprint density at radius 3 is 2.75 bits per heavy atom. The Hall–Kier alpha value is -1.51. The van der Waals surface area contributed by atoms with E-state index in [1.165, 1.54) is 0 Å². The number of benzene rings is 1. The zero-order chi connectivity index (χ0) is 14.9. The van der Waals surface area contributed by atoms with Crippen LogP contribution in [0.25, 0.3) is 0 Å². The predicted octanol–water partition coefficient (Wildman–Crippen LogP) is 3.52. The smallest absolute Gasteiger partial charge is 0.251 e. The molecule has 1 aromatic rings. The number of aryl methyl sites for hydroxylation is 1. The molecule has 0 bridgehead atoms. The third-order valence-corrected chi connectivity index (χ3v) is 4.52. The van der Waals surface area contributed by atoms with Gasteiger partial charge in [-0.2, -0.15) is 0 Å². The van der Waals surface area contributed by atoms with Crippen molar-refractivity contribution >= 4 is 11.6 Å². The number of nitrogen functional groups attached to an aromatic ring is 1. The van der Waals surface area contributed by atoms with E-state index in [0.717, 1.165) is 24.8 Å². The molecule has 0 spiro atoms. The average molecular weight is 274 g/mol. The van der Waals surface area contributed by atoms with E-state index in [1.807, 2.05) is 19.1 Å². The molecule has 1 aliphatic carbocycles. The van der Waals surface area contributed by atoms with E-state index in [4.69, 9.17) is 5.73 Å². The summed E-state index contributed by atoms with van der Waals surface area (Å²) in [6.07, 6.45) is 3.38. The maximum atomic E-state index is 12.4. The van der Waals surface area contributed by atoms with Crippen molar-refractivity contribution in [2.75, 3.05) is 5.73 Å². The molecule has 0 saturated heterocycles. The van der Waals surface area contributed by atoms with Gasteiger partial charge in [-0.25, -0.2) is 0 Å². The number of nitrogens with two attached hydrogens (primary N) is 1. The third kappa shape index (κ3) is 3.33. The maximum Gasteiger partial charge on any atom is 0.251 e. The van der Waals surface area contributed by atoms with Crippen LogP contribution in [0.15, 0.2) is 18.2 Å². The lowest BCUT2D eigenvalue weighted by Crippen LogP contribution is -2.44. The molecule has 1 amide bonds. The van der Waals surface area contributed by atoms with Crippen LogP contribution in [0.4, 0.5) is 5.69 Å². The van der Waals surface area contributed by atoms with Gasteiger partial charge < -0.3 is 11.1 Å². The number of anilines is 1. The monoisotopic (exact) mass is 274 g/mol. The molecule has 2 rings (SSSR count). The van der Waals surface area contributed by atoms with Crippen LogP contribution < -0.4 is 11.1 Å². The van der Waals surface area contributed by atoms with Crippen LogP contribution in [-0.2, 0) is 0 Å². The highest BCUT2D eigenvalue weighted by Crippen LogP contribution is 2.38. The number of rotatable bonds is 2. The van der Waals surface area contributed by atoms with E-state index in [1.54, 1.807) is 6.07 Å². The Kier molecular flexibility index (Phi) is 4.07. The second-order valence-corrected chi connectivity index (χ2v) is 7.04. The molecular formula is C17H26N2O. The summed E-state index contributed by atoms with van der Waals surface area (Å²) in [4.78, 5) is 12.4. The number of hydrogen-bond acceptors (Lipinski definition) is 2. The fourth-order valence-electron chi connectivity index (χ4n) is 3.29. The number of carbonyl (C=O) groups is 1. The Morgan fingerprint density at radius 2 is 2.10 bits per heavy atom. The minimum Gasteiger partial charge on any atom is -0.399 e. The molecular weight excluding hydrogens is 248 g/mol. The molecule has 1 aliphatic rings. The highest BCUT2D eigenvalue weighted by molar-refractivity contribution is 5.96. The Labute approximate surface area is 121 Å². The molecule has 1 aromatic carbocycles. The standard InChI is InChI=1S/C17H26N2O/c1-11-5-6-13(18)9-14(11)16(20)19-15-7-8-17(3,4)10-12(15)2/h5-6,9,12,15H,7-8,10,18H2,1-4H3,(H,19,20). The van der Waals surface area contributed by atoms with E-state index in [-0.39, 0.29) is 11.9 Å². The van der Waals surface area contributed by atoms with Gasteiger partial charge in [0.1, 0.15) is 0 Å². The lowest BCUT2D eigenvalue weighted by molar-refractivity contribution is 0.0861. The molecule has 3 heteroatoms. The lowest BCUT2D eigenvalue weighted by atomic mass is 9.70. The number of carbonyl (C=O) groups excluding carboxylic acids is 1. The largest absolute Gasteiger partial charge is 0.399 e. The summed E-state index contributed by atoms with van der Waals surface area (Å²) >= 11 is 0. The van der Waals surface area contributed by atoms with Crippen molar-refractivity contribution in [3.63, 3.8) is 0 Å². The van der Waals surface area contributed by atoms with E-state index in [0.29, 0.717) is 22.6 Å². The minimum absolute atomic E-state index is 0.00589. The summed E-state index contributed by atoms with van der Waals surface area (Å²) in [5.74, 6) is 0.524. The molecule has 0 aromatic heterocycles. The zero-order valence-electron chi connectivity index (χ0n) is 13.0. The average Bonchev–Trinajstić information content (AvgIpc) is 2.35. The first kappa shape index (κ1) is 14.9. The molecule has 110 valence electrons. The van der Waals surface area contributed by atoms with Crippen molar-refractivity contribution in [1.82, 2.24) is 5.32 Å². The minimum atomic E-state index is 0.00589. The first-order valence-corrected chi connectivity index (χ1v) is 7.45. The summed E-state index contributed by atoms with van der Waals surface area (Å²) in [5.41, 5.74) is 8.48. The second kappa shape index (κ2) is 5.47. The van der Waals surface area contributed by atoms with Gasteiger partial charge in [0.15, 0.2) is 0 Å². The molecule has 0 radical (unpaired) electrons. The van der Waals surface area contributed by atoms with Crippen molar-refractivity contribution in [3.05, 3.63) is 29.3 Å². The molecule has 3 N–H and O–H groups in total. The summed E-state index contributed by atoms with van der Waals surface area (Å²) in [5, 5.41) is 3.20. The van der Waals surface area contributed by atoms with Crippen LogP contribution >= 0.6 is 0 Å². The molecule has 0 aliphatic heterocycles. The van der Waals surface area contributed by atoms with Crippen LogP contribution in [0.2, 0.25) is 0 Å². The van der Waals surface area contributed by atoms with Gasteiger partial charge in [-0.05, 0) is 55.2 Å². The lowest BCUT2D eigenvalue weighted by Gasteiger charge is -2.39. The van der Waals surface area contributed by atoms with E-state index < -0.39 is 0 Å². The topological polar surface area (TPSA) is 55.1 Å². The predicted molar refractivity (Wildman–Crippen MR) is 83.6 cm³/mol. The van der Waals surface area contributed by atoms with Gasteiger partial charge in [0.25, 0.3) is 5.91 Å². The van der Waals surface area contributed by atoms with Gasteiger partial charge in [-0.1, -0.05) is 26.8 Å². The van der Waals surface area contributed by atoms with Gasteiger partial charge in [0.05, 0.1) is 0 Å². The van der Waals surface area contributed by atoms with Crippen molar-refractivity contribution in [3.8, 4) is 0 Å². The fraction of sp³-hybridized carbons (Fsp3) is 0.588. The summed E-state index contributed by atoms with van der Waals surface area (Å²) in [6, 6.07) is 5.77. The van der Waals surface area contributed by atoms with E-state index >= 15 is 0 Å². The number of hydrogen-bond donors (Lipinski definition) is 2. The zero-order valence-corrected chi connectivity index (χ0v) is 13.0. The SMILES string of the molecule is Cc1ccc(N)cc1C(=O)NC1CCC(C)(C)CC1C. The van der Waals surface area contributed by atoms with Gasteiger partial charge in [0, 0.05) is 17.3 Å². The van der Waals surface area contributed by atoms with Gasteiger partial charge >= 0.3 is 0 Å². The molecule has 1 saturated carbocycles. The van der Waals surface area contributed by atoms with Crippen molar-refractivity contribution in [2.24, 2.45) is 11.3 Å². The summed E-state index contributed by atoms with van der Waals surface area (Å²) < 4.78 is 0. The highest BCUT2D eigenvalue weighted by atomic mass is 16.1. The normalized spacial score (nSPS) is 25.2. The molecule has 1 fully saturated rings. The quantitative estimate of drug-likeness (QED) is 0.811.